The molecule has 1 atom stereocenters. The van der Waals surface area contributed by atoms with E-state index in [0.717, 1.165) is 58.5 Å². The smallest absolute Gasteiger partial charge is 0.226 e. The van der Waals surface area contributed by atoms with Gasteiger partial charge in [0.05, 0.1) is 5.92 Å². The number of piperidine rings is 2. The quantitative estimate of drug-likeness (QED) is 0.845. The molecule has 0 aliphatic carbocycles. The third kappa shape index (κ3) is 4.11. The Hall–Kier alpha value is -0.320. The summed E-state index contributed by atoms with van der Waals surface area (Å²) in [5.74, 6) is 1.24. The minimum Gasteiger partial charge on any atom is -0.384 e. The molecule has 0 radical (unpaired) electrons. The summed E-state index contributed by atoms with van der Waals surface area (Å²) in [7, 11) is 1.76. The molecule has 0 saturated carbocycles. The normalized spacial score (nSPS) is 25.6. The van der Waals surface area contributed by atoms with Crippen LogP contribution in [0.2, 0.25) is 0 Å². The van der Waals surface area contributed by atoms with Gasteiger partial charge in [-0.05, 0) is 38.1 Å². The third-order valence-corrected chi connectivity index (χ3v) is 3.97. The Morgan fingerprint density at radius 2 is 2.06 bits per heavy atom. The van der Waals surface area contributed by atoms with Crippen molar-refractivity contribution in [1.82, 2.24) is 10.2 Å². The first-order valence-electron chi connectivity index (χ1n) is 6.79. The van der Waals surface area contributed by atoms with Crippen LogP contribution in [0.4, 0.5) is 0 Å². The summed E-state index contributed by atoms with van der Waals surface area (Å²) in [6.45, 7) is 4.62. The molecule has 1 unspecified atom stereocenters. The molecule has 0 aromatic carbocycles. The number of rotatable bonds is 3. The van der Waals surface area contributed by atoms with Crippen LogP contribution < -0.4 is 5.32 Å². The molecule has 2 fully saturated rings. The van der Waals surface area contributed by atoms with E-state index in [-0.39, 0.29) is 18.3 Å². The lowest BCUT2D eigenvalue weighted by Crippen LogP contribution is -2.46. The Kier molecular flexibility index (Phi) is 6.97. The van der Waals surface area contributed by atoms with Gasteiger partial charge in [-0.25, -0.2) is 0 Å². The number of nitrogens with one attached hydrogen (secondary N) is 1. The van der Waals surface area contributed by atoms with Crippen LogP contribution in [0, 0.1) is 11.8 Å². The van der Waals surface area contributed by atoms with Gasteiger partial charge in [0.1, 0.15) is 0 Å². The average molecular weight is 277 g/mol. The first-order chi connectivity index (χ1) is 8.31. The number of halogens is 1. The lowest BCUT2D eigenvalue weighted by Gasteiger charge is -2.35. The van der Waals surface area contributed by atoms with E-state index in [9.17, 15) is 4.79 Å². The maximum atomic E-state index is 12.3. The molecule has 0 bridgehead atoms. The van der Waals surface area contributed by atoms with E-state index >= 15 is 0 Å². The van der Waals surface area contributed by atoms with E-state index in [0.29, 0.717) is 11.8 Å². The van der Waals surface area contributed by atoms with E-state index in [1.54, 1.807) is 7.11 Å². The fourth-order valence-corrected chi connectivity index (χ4v) is 2.88. The highest BCUT2D eigenvalue weighted by Crippen LogP contribution is 2.21. The summed E-state index contributed by atoms with van der Waals surface area (Å²) in [6.07, 6.45) is 4.39. The number of hydrogen-bond acceptors (Lipinski definition) is 3. The number of nitrogens with zero attached hydrogens (tertiary/aromatic N) is 1. The van der Waals surface area contributed by atoms with Gasteiger partial charge < -0.3 is 15.0 Å². The Morgan fingerprint density at radius 1 is 1.33 bits per heavy atom. The van der Waals surface area contributed by atoms with Crippen molar-refractivity contribution in [3.05, 3.63) is 0 Å². The first kappa shape index (κ1) is 15.7. The van der Waals surface area contributed by atoms with E-state index in [4.69, 9.17) is 4.74 Å². The van der Waals surface area contributed by atoms with Gasteiger partial charge in [-0.15, -0.1) is 12.4 Å². The maximum absolute atomic E-state index is 12.3. The van der Waals surface area contributed by atoms with Gasteiger partial charge in [0.15, 0.2) is 0 Å². The number of hydrogen-bond donors (Lipinski definition) is 1. The van der Waals surface area contributed by atoms with Gasteiger partial charge in [0.2, 0.25) is 5.91 Å². The van der Waals surface area contributed by atoms with Gasteiger partial charge in [0.25, 0.3) is 0 Å². The second-order valence-corrected chi connectivity index (χ2v) is 5.27. The van der Waals surface area contributed by atoms with Crippen molar-refractivity contribution in [3.63, 3.8) is 0 Å². The number of ether oxygens (including phenoxy) is 1. The fourth-order valence-electron chi connectivity index (χ4n) is 2.88. The molecule has 0 spiro atoms. The molecule has 5 heteroatoms. The van der Waals surface area contributed by atoms with Crippen LogP contribution in [0.5, 0.6) is 0 Å². The van der Waals surface area contributed by atoms with Crippen molar-refractivity contribution in [1.29, 1.82) is 0 Å². The second kappa shape index (κ2) is 7.97. The molecule has 1 N–H and O–H groups in total. The van der Waals surface area contributed by atoms with Gasteiger partial charge in [-0.3, -0.25) is 4.79 Å². The summed E-state index contributed by atoms with van der Waals surface area (Å²) in [6, 6.07) is 0. The molecule has 2 rings (SSSR count). The van der Waals surface area contributed by atoms with E-state index in [1.165, 1.54) is 0 Å². The monoisotopic (exact) mass is 276 g/mol. The molecule has 106 valence electrons. The molecule has 2 aliphatic rings. The zero-order valence-electron chi connectivity index (χ0n) is 11.2. The Balaban J connectivity index is 0.00000162. The van der Waals surface area contributed by atoms with Crippen molar-refractivity contribution >= 4 is 18.3 Å². The summed E-state index contributed by atoms with van der Waals surface area (Å²) in [5, 5.41) is 3.32. The van der Waals surface area contributed by atoms with Gasteiger partial charge in [-0.1, -0.05) is 0 Å². The average Bonchev–Trinajstić information content (AvgIpc) is 2.40. The largest absolute Gasteiger partial charge is 0.384 e. The van der Waals surface area contributed by atoms with Crippen molar-refractivity contribution in [2.75, 3.05) is 39.9 Å². The summed E-state index contributed by atoms with van der Waals surface area (Å²) < 4.78 is 5.18. The van der Waals surface area contributed by atoms with E-state index < -0.39 is 0 Å². The summed E-state index contributed by atoms with van der Waals surface area (Å²) >= 11 is 0. The van der Waals surface area contributed by atoms with Crippen LogP contribution in [0.3, 0.4) is 0 Å². The molecule has 18 heavy (non-hydrogen) atoms. The van der Waals surface area contributed by atoms with Crippen LogP contribution >= 0.6 is 12.4 Å². The molecular formula is C13H25ClN2O2. The molecule has 2 saturated heterocycles. The molecule has 2 aliphatic heterocycles. The standard InChI is InChI=1S/C13H24N2O2.ClH/c1-17-10-11-4-7-15(8-5-11)13(16)12-3-2-6-14-9-12;/h11-12,14H,2-10H2,1H3;1H. The predicted molar refractivity (Wildman–Crippen MR) is 74.0 cm³/mol. The minimum absolute atomic E-state index is 0. The fraction of sp³-hybridized carbons (Fsp3) is 0.923. The minimum atomic E-state index is 0. The van der Waals surface area contributed by atoms with Crippen LogP contribution in [0.25, 0.3) is 0 Å². The van der Waals surface area contributed by atoms with Crippen molar-refractivity contribution in [2.24, 2.45) is 11.8 Å². The molecule has 0 aromatic rings. The second-order valence-electron chi connectivity index (χ2n) is 5.27. The van der Waals surface area contributed by atoms with Crippen molar-refractivity contribution in [3.8, 4) is 0 Å². The number of likely N-dealkylation sites (tertiary alicyclic amines) is 1. The van der Waals surface area contributed by atoms with Crippen LogP contribution in [-0.4, -0.2) is 50.7 Å². The number of carbonyl (C=O) groups excluding carboxylic acids is 1. The highest BCUT2D eigenvalue weighted by Gasteiger charge is 2.28. The number of carbonyl (C=O) groups is 1. The van der Waals surface area contributed by atoms with Crippen molar-refractivity contribution in [2.45, 2.75) is 25.7 Å². The zero-order chi connectivity index (χ0) is 12.1. The van der Waals surface area contributed by atoms with Gasteiger partial charge in [0, 0.05) is 33.4 Å². The Morgan fingerprint density at radius 3 is 2.61 bits per heavy atom. The van der Waals surface area contributed by atoms with Crippen molar-refractivity contribution < 1.29 is 9.53 Å². The number of amides is 1. The molecular weight excluding hydrogens is 252 g/mol. The molecule has 2 heterocycles. The molecule has 0 aromatic heterocycles. The molecule has 1 amide bonds. The van der Waals surface area contributed by atoms with Crippen LogP contribution in [-0.2, 0) is 9.53 Å². The topological polar surface area (TPSA) is 41.6 Å². The molecule has 4 nitrogen and oxygen atoms in total. The van der Waals surface area contributed by atoms with E-state index in [2.05, 4.69) is 10.2 Å². The Labute approximate surface area is 116 Å². The summed E-state index contributed by atoms with van der Waals surface area (Å²) in [5.41, 5.74) is 0. The summed E-state index contributed by atoms with van der Waals surface area (Å²) in [4.78, 5) is 14.3. The predicted octanol–water partition coefficient (Wildman–Crippen LogP) is 1.29. The number of methoxy groups -OCH3 is 1. The Bertz CT molecular complexity index is 249. The van der Waals surface area contributed by atoms with Gasteiger partial charge >= 0.3 is 0 Å². The van der Waals surface area contributed by atoms with E-state index in [1.807, 2.05) is 0 Å². The third-order valence-electron chi connectivity index (χ3n) is 3.97. The maximum Gasteiger partial charge on any atom is 0.226 e. The zero-order valence-corrected chi connectivity index (χ0v) is 12.0. The first-order valence-corrected chi connectivity index (χ1v) is 6.79. The highest BCUT2D eigenvalue weighted by atomic mass is 35.5. The van der Waals surface area contributed by atoms with Crippen LogP contribution in [0.1, 0.15) is 25.7 Å². The van der Waals surface area contributed by atoms with Crippen LogP contribution in [0.15, 0.2) is 0 Å². The lowest BCUT2D eigenvalue weighted by atomic mass is 9.94. The SMILES string of the molecule is COCC1CCN(C(=O)C2CCCNC2)CC1.Cl. The lowest BCUT2D eigenvalue weighted by molar-refractivity contribution is -0.137. The van der Waals surface area contributed by atoms with Gasteiger partial charge in [-0.2, -0.15) is 0 Å². The highest BCUT2D eigenvalue weighted by molar-refractivity contribution is 5.85.